The molecule has 0 saturated heterocycles. The quantitative estimate of drug-likeness (QED) is 0.285. The number of ether oxygens (including phenoxy) is 1. The molecule has 162 valence electrons. The zero-order valence-electron chi connectivity index (χ0n) is 19.1. The molecule has 2 saturated carbocycles. The lowest BCUT2D eigenvalue weighted by molar-refractivity contribution is 0.117. The van der Waals surface area contributed by atoms with E-state index in [0.717, 1.165) is 36.9 Å². The summed E-state index contributed by atoms with van der Waals surface area (Å²) in [7, 11) is 0. The maximum atomic E-state index is 5.81. The first-order valence-corrected chi connectivity index (χ1v) is 12.6. The Morgan fingerprint density at radius 1 is 0.862 bits per heavy atom. The zero-order valence-corrected chi connectivity index (χ0v) is 19.1. The van der Waals surface area contributed by atoms with Crippen molar-refractivity contribution in [1.82, 2.24) is 0 Å². The molecule has 0 aliphatic heterocycles. The summed E-state index contributed by atoms with van der Waals surface area (Å²) in [6, 6.07) is 9.35. The number of unbranched alkanes of at least 4 members (excludes halogenated alkanes) is 2. The molecule has 0 aromatic heterocycles. The van der Waals surface area contributed by atoms with E-state index in [1.54, 1.807) is 5.56 Å². The van der Waals surface area contributed by atoms with E-state index in [9.17, 15) is 0 Å². The molecule has 0 radical (unpaired) electrons. The SMILES string of the molecule is CC=CCC1CCC(C2CCC(c3ccc(COCCCCC)cc3)CC2)CC1. The summed E-state index contributed by atoms with van der Waals surface area (Å²) in [5.41, 5.74) is 2.89. The molecule has 0 amide bonds. The summed E-state index contributed by atoms with van der Waals surface area (Å²) in [6.07, 6.45) is 21.3. The maximum absolute atomic E-state index is 5.81. The van der Waals surface area contributed by atoms with Crippen molar-refractivity contribution in [2.24, 2.45) is 17.8 Å². The van der Waals surface area contributed by atoms with Crippen molar-refractivity contribution in [3.05, 3.63) is 47.5 Å². The summed E-state index contributed by atoms with van der Waals surface area (Å²) in [5, 5.41) is 0. The molecule has 0 unspecified atom stereocenters. The second kappa shape index (κ2) is 12.6. The van der Waals surface area contributed by atoms with Gasteiger partial charge in [0.05, 0.1) is 6.61 Å². The molecule has 0 heterocycles. The predicted octanol–water partition coefficient (Wildman–Crippen LogP) is 8.44. The largest absolute Gasteiger partial charge is 0.377 e. The molecular weight excluding hydrogens is 352 g/mol. The molecule has 1 aromatic carbocycles. The normalized spacial score (nSPS) is 28.1. The molecule has 0 atom stereocenters. The monoisotopic (exact) mass is 396 g/mol. The highest BCUT2D eigenvalue weighted by Gasteiger charge is 2.30. The van der Waals surface area contributed by atoms with E-state index < -0.39 is 0 Å². The summed E-state index contributed by atoms with van der Waals surface area (Å²) < 4.78 is 5.81. The van der Waals surface area contributed by atoms with Crippen LogP contribution in [0.5, 0.6) is 0 Å². The fourth-order valence-corrected chi connectivity index (χ4v) is 5.68. The van der Waals surface area contributed by atoms with Gasteiger partial charge in [0.2, 0.25) is 0 Å². The fourth-order valence-electron chi connectivity index (χ4n) is 5.68. The molecule has 0 bridgehead atoms. The minimum Gasteiger partial charge on any atom is -0.377 e. The molecule has 2 aliphatic rings. The van der Waals surface area contributed by atoms with Gasteiger partial charge in [0, 0.05) is 6.61 Å². The Morgan fingerprint density at radius 3 is 2.14 bits per heavy atom. The van der Waals surface area contributed by atoms with Gasteiger partial charge in [-0.25, -0.2) is 0 Å². The first kappa shape index (κ1) is 22.6. The summed E-state index contributed by atoms with van der Waals surface area (Å²) in [4.78, 5) is 0. The third-order valence-corrected chi connectivity index (χ3v) is 7.65. The van der Waals surface area contributed by atoms with Crippen molar-refractivity contribution >= 4 is 0 Å². The Balaban J connectivity index is 1.37. The summed E-state index contributed by atoms with van der Waals surface area (Å²) in [5.74, 6) is 3.78. The third kappa shape index (κ3) is 7.28. The van der Waals surface area contributed by atoms with Crippen LogP contribution in [0.3, 0.4) is 0 Å². The van der Waals surface area contributed by atoms with Gasteiger partial charge in [-0.3, -0.25) is 0 Å². The Morgan fingerprint density at radius 2 is 1.52 bits per heavy atom. The van der Waals surface area contributed by atoms with Gasteiger partial charge in [-0.15, -0.1) is 0 Å². The van der Waals surface area contributed by atoms with Gasteiger partial charge in [-0.05, 0) is 106 Å². The van der Waals surface area contributed by atoms with E-state index >= 15 is 0 Å². The lowest BCUT2D eigenvalue weighted by Gasteiger charge is -2.38. The molecule has 3 rings (SSSR count). The Kier molecular flexibility index (Phi) is 9.80. The minimum atomic E-state index is 0.771. The summed E-state index contributed by atoms with van der Waals surface area (Å²) in [6.45, 7) is 6.06. The van der Waals surface area contributed by atoms with Crippen molar-refractivity contribution in [3.63, 3.8) is 0 Å². The van der Waals surface area contributed by atoms with Crippen molar-refractivity contribution in [2.75, 3.05) is 6.61 Å². The average molecular weight is 397 g/mol. The minimum absolute atomic E-state index is 0.771. The number of hydrogen-bond donors (Lipinski definition) is 0. The van der Waals surface area contributed by atoms with Gasteiger partial charge in [0.25, 0.3) is 0 Å². The van der Waals surface area contributed by atoms with E-state index in [4.69, 9.17) is 4.74 Å². The van der Waals surface area contributed by atoms with Crippen LogP contribution in [0.1, 0.15) is 108 Å². The van der Waals surface area contributed by atoms with Gasteiger partial charge >= 0.3 is 0 Å². The lowest BCUT2D eigenvalue weighted by atomic mass is 9.68. The molecule has 1 aromatic rings. The van der Waals surface area contributed by atoms with Gasteiger partial charge in [-0.2, -0.15) is 0 Å². The van der Waals surface area contributed by atoms with Crippen molar-refractivity contribution in [1.29, 1.82) is 0 Å². The molecular formula is C28H44O. The van der Waals surface area contributed by atoms with E-state index in [1.165, 1.54) is 82.6 Å². The standard InChI is InChI=1S/C28H44O/c1-3-5-7-21-29-22-24-11-15-26(16-12-24)28-19-17-27(18-20-28)25-13-9-23(10-14-25)8-6-4-2/h4,6,11-12,15-16,23,25,27-28H,3,5,7-10,13-14,17-22H2,1-2H3. The van der Waals surface area contributed by atoms with Gasteiger partial charge < -0.3 is 4.74 Å². The molecule has 2 fully saturated rings. The topological polar surface area (TPSA) is 9.23 Å². The highest BCUT2D eigenvalue weighted by Crippen LogP contribution is 2.44. The Bertz CT molecular complexity index is 571. The molecule has 2 aliphatic carbocycles. The Hall–Kier alpha value is -1.08. The smallest absolute Gasteiger partial charge is 0.0716 e. The third-order valence-electron chi connectivity index (χ3n) is 7.65. The van der Waals surface area contributed by atoms with Crippen LogP contribution in [0.4, 0.5) is 0 Å². The van der Waals surface area contributed by atoms with Crippen LogP contribution < -0.4 is 0 Å². The van der Waals surface area contributed by atoms with Crippen LogP contribution in [0.15, 0.2) is 36.4 Å². The second-order valence-electron chi connectivity index (χ2n) is 9.70. The van der Waals surface area contributed by atoms with Gasteiger partial charge in [-0.1, -0.05) is 56.2 Å². The van der Waals surface area contributed by atoms with Crippen LogP contribution in [-0.2, 0) is 11.3 Å². The number of hydrogen-bond acceptors (Lipinski definition) is 1. The first-order valence-electron chi connectivity index (χ1n) is 12.6. The van der Waals surface area contributed by atoms with E-state index in [1.807, 2.05) is 0 Å². The lowest BCUT2D eigenvalue weighted by Crippen LogP contribution is -2.25. The highest BCUT2D eigenvalue weighted by atomic mass is 16.5. The summed E-state index contributed by atoms with van der Waals surface area (Å²) >= 11 is 0. The fraction of sp³-hybridized carbons (Fsp3) is 0.714. The number of benzene rings is 1. The molecule has 0 N–H and O–H groups in total. The van der Waals surface area contributed by atoms with Crippen LogP contribution in [0, 0.1) is 17.8 Å². The molecule has 0 spiro atoms. The average Bonchev–Trinajstić information content (AvgIpc) is 2.78. The van der Waals surface area contributed by atoms with Crippen molar-refractivity contribution in [3.8, 4) is 0 Å². The molecule has 1 heteroatoms. The van der Waals surface area contributed by atoms with E-state index in [-0.39, 0.29) is 0 Å². The number of allylic oxidation sites excluding steroid dienone is 2. The number of rotatable bonds is 10. The van der Waals surface area contributed by atoms with E-state index in [0.29, 0.717) is 0 Å². The predicted molar refractivity (Wildman–Crippen MR) is 125 cm³/mol. The zero-order chi connectivity index (χ0) is 20.3. The van der Waals surface area contributed by atoms with Gasteiger partial charge in [0.15, 0.2) is 0 Å². The molecule has 1 nitrogen and oxygen atoms in total. The molecule has 29 heavy (non-hydrogen) atoms. The van der Waals surface area contributed by atoms with Gasteiger partial charge in [0.1, 0.15) is 0 Å². The highest BCUT2D eigenvalue weighted by molar-refractivity contribution is 5.25. The van der Waals surface area contributed by atoms with Crippen molar-refractivity contribution < 1.29 is 4.74 Å². The van der Waals surface area contributed by atoms with Crippen molar-refractivity contribution in [2.45, 2.75) is 103 Å². The van der Waals surface area contributed by atoms with Crippen LogP contribution in [0.25, 0.3) is 0 Å². The van der Waals surface area contributed by atoms with Crippen LogP contribution in [0.2, 0.25) is 0 Å². The Labute approximate surface area is 180 Å². The van der Waals surface area contributed by atoms with Crippen LogP contribution >= 0.6 is 0 Å². The maximum Gasteiger partial charge on any atom is 0.0716 e. The first-order chi connectivity index (χ1) is 14.3. The van der Waals surface area contributed by atoms with Crippen LogP contribution in [-0.4, -0.2) is 6.61 Å². The van der Waals surface area contributed by atoms with E-state index in [2.05, 4.69) is 50.3 Å². The second-order valence-corrected chi connectivity index (χ2v) is 9.70.